The number of carbonyl (C=O) groups is 2. The SMILES string of the molecule is COC(=O)C1CC2(CC(=O)c3ccc(OC)cc3O2)C1. The summed E-state index contributed by atoms with van der Waals surface area (Å²) in [4.78, 5) is 23.7. The van der Waals surface area contributed by atoms with Gasteiger partial charge in [-0.05, 0) is 12.1 Å². The molecule has 0 unspecified atom stereocenters. The van der Waals surface area contributed by atoms with Crippen LogP contribution in [-0.2, 0) is 9.53 Å². The first kappa shape index (κ1) is 13.0. The number of carbonyl (C=O) groups excluding carboxylic acids is 2. The summed E-state index contributed by atoms with van der Waals surface area (Å²) in [5.74, 6) is 0.849. The van der Waals surface area contributed by atoms with E-state index in [1.165, 1.54) is 7.11 Å². The predicted molar refractivity (Wildman–Crippen MR) is 70.0 cm³/mol. The number of hydrogen-bond acceptors (Lipinski definition) is 5. The second-order valence-electron chi connectivity index (χ2n) is 5.38. The Morgan fingerprint density at radius 2 is 2.10 bits per heavy atom. The van der Waals surface area contributed by atoms with E-state index in [-0.39, 0.29) is 17.7 Å². The van der Waals surface area contributed by atoms with Gasteiger partial charge in [-0.15, -0.1) is 0 Å². The van der Waals surface area contributed by atoms with E-state index in [9.17, 15) is 9.59 Å². The zero-order valence-electron chi connectivity index (χ0n) is 11.5. The highest BCUT2D eigenvalue weighted by molar-refractivity contribution is 6.00. The maximum absolute atomic E-state index is 12.2. The lowest BCUT2D eigenvalue weighted by atomic mass is 9.67. The van der Waals surface area contributed by atoms with Crippen LogP contribution in [0.3, 0.4) is 0 Å². The van der Waals surface area contributed by atoms with Crippen LogP contribution >= 0.6 is 0 Å². The van der Waals surface area contributed by atoms with Crippen LogP contribution in [0.2, 0.25) is 0 Å². The lowest BCUT2D eigenvalue weighted by Crippen LogP contribution is -2.54. The molecule has 106 valence electrons. The van der Waals surface area contributed by atoms with E-state index in [0.717, 1.165) is 0 Å². The molecule has 1 aliphatic carbocycles. The van der Waals surface area contributed by atoms with Crippen molar-refractivity contribution in [2.75, 3.05) is 14.2 Å². The van der Waals surface area contributed by atoms with Gasteiger partial charge in [0.15, 0.2) is 5.78 Å². The van der Waals surface area contributed by atoms with Gasteiger partial charge in [0.1, 0.15) is 17.1 Å². The molecule has 5 heteroatoms. The van der Waals surface area contributed by atoms with E-state index in [2.05, 4.69) is 0 Å². The quantitative estimate of drug-likeness (QED) is 0.773. The van der Waals surface area contributed by atoms with Gasteiger partial charge in [-0.25, -0.2) is 0 Å². The molecule has 1 heterocycles. The van der Waals surface area contributed by atoms with Crippen LogP contribution in [0.1, 0.15) is 29.6 Å². The first-order valence-electron chi connectivity index (χ1n) is 6.55. The number of hydrogen-bond donors (Lipinski definition) is 0. The van der Waals surface area contributed by atoms with E-state index >= 15 is 0 Å². The summed E-state index contributed by atoms with van der Waals surface area (Å²) in [5, 5.41) is 0. The number of methoxy groups -OCH3 is 2. The average Bonchev–Trinajstić information content (AvgIpc) is 2.42. The van der Waals surface area contributed by atoms with Crippen molar-refractivity contribution in [3.63, 3.8) is 0 Å². The fourth-order valence-corrected chi connectivity index (χ4v) is 3.00. The molecule has 1 saturated carbocycles. The Balaban J connectivity index is 1.82. The minimum Gasteiger partial charge on any atom is -0.497 e. The minimum atomic E-state index is -0.546. The molecule has 0 atom stereocenters. The van der Waals surface area contributed by atoms with Crippen molar-refractivity contribution in [2.45, 2.75) is 24.9 Å². The van der Waals surface area contributed by atoms with Gasteiger partial charge < -0.3 is 14.2 Å². The third-order valence-electron chi connectivity index (χ3n) is 4.07. The molecular weight excluding hydrogens is 260 g/mol. The second kappa shape index (κ2) is 4.51. The topological polar surface area (TPSA) is 61.8 Å². The van der Waals surface area contributed by atoms with Crippen molar-refractivity contribution in [3.05, 3.63) is 23.8 Å². The fourth-order valence-electron chi connectivity index (χ4n) is 3.00. The molecule has 0 bridgehead atoms. The number of ketones is 1. The molecule has 20 heavy (non-hydrogen) atoms. The number of fused-ring (bicyclic) bond motifs is 1. The highest BCUT2D eigenvalue weighted by Crippen LogP contribution is 2.49. The first-order valence-corrected chi connectivity index (χ1v) is 6.55. The van der Waals surface area contributed by atoms with Crippen molar-refractivity contribution in [2.24, 2.45) is 5.92 Å². The number of ether oxygens (including phenoxy) is 3. The summed E-state index contributed by atoms with van der Waals surface area (Å²) in [6.07, 6.45) is 1.38. The molecule has 0 radical (unpaired) electrons. The van der Waals surface area contributed by atoms with Gasteiger partial charge in [-0.1, -0.05) is 0 Å². The zero-order chi connectivity index (χ0) is 14.3. The van der Waals surface area contributed by atoms with Gasteiger partial charge in [0.25, 0.3) is 0 Å². The summed E-state index contributed by atoms with van der Waals surface area (Å²) >= 11 is 0. The molecule has 0 N–H and O–H groups in total. The molecule has 1 aromatic rings. The van der Waals surface area contributed by atoms with Gasteiger partial charge >= 0.3 is 5.97 Å². The Kier molecular flexibility index (Phi) is 2.92. The van der Waals surface area contributed by atoms with Crippen molar-refractivity contribution >= 4 is 11.8 Å². The van der Waals surface area contributed by atoms with Crippen LogP contribution in [0.4, 0.5) is 0 Å². The minimum absolute atomic E-state index is 0.0530. The standard InChI is InChI=1S/C15H16O5/c1-18-10-3-4-11-12(16)8-15(20-13(11)5-10)6-9(7-15)14(17)19-2/h3-5,9H,6-8H2,1-2H3. The third kappa shape index (κ3) is 1.94. The van der Waals surface area contributed by atoms with E-state index in [4.69, 9.17) is 14.2 Å². The van der Waals surface area contributed by atoms with Crippen LogP contribution < -0.4 is 9.47 Å². The van der Waals surface area contributed by atoms with Crippen LogP contribution in [0, 0.1) is 5.92 Å². The second-order valence-corrected chi connectivity index (χ2v) is 5.38. The maximum Gasteiger partial charge on any atom is 0.308 e. The van der Waals surface area contributed by atoms with Crippen LogP contribution in [0.25, 0.3) is 0 Å². The Hall–Kier alpha value is -2.04. The van der Waals surface area contributed by atoms with Crippen molar-refractivity contribution in [1.82, 2.24) is 0 Å². The number of Topliss-reactive ketones (excluding diaryl/α,β-unsaturated/α-hetero) is 1. The molecule has 5 nitrogen and oxygen atoms in total. The van der Waals surface area contributed by atoms with Crippen LogP contribution in [0.5, 0.6) is 11.5 Å². The molecular formula is C15H16O5. The zero-order valence-corrected chi connectivity index (χ0v) is 11.5. The molecule has 0 amide bonds. The van der Waals surface area contributed by atoms with Gasteiger partial charge in [0, 0.05) is 18.9 Å². The number of benzene rings is 1. The highest BCUT2D eigenvalue weighted by atomic mass is 16.5. The lowest BCUT2D eigenvalue weighted by Gasteiger charge is -2.48. The molecule has 1 aromatic carbocycles. The van der Waals surface area contributed by atoms with Gasteiger partial charge in [0.05, 0.1) is 32.1 Å². The van der Waals surface area contributed by atoms with Crippen molar-refractivity contribution in [3.8, 4) is 11.5 Å². The van der Waals surface area contributed by atoms with Crippen molar-refractivity contribution in [1.29, 1.82) is 0 Å². The lowest BCUT2D eigenvalue weighted by molar-refractivity contribution is -0.159. The van der Waals surface area contributed by atoms with Gasteiger partial charge in [-0.3, -0.25) is 9.59 Å². The largest absolute Gasteiger partial charge is 0.497 e. The van der Waals surface area contributed by atoms with Crippen LogP contribution in [0.15, 0.2) is 18.2 Å². The highest BCUT2D eigenvalue weighted by Gasteiger charge is 2.53. The number of rotatable bonds is 2. The summed E-state index contributed by atoms with van der Waals surface area (Å²) in [7, 11) is 2.94. The van der Waals surface area contributed by atoms with E-state index in [0.29, 0.717) is 36.3 Å². The summed E-state index contributed by atoms with van der Waals surface area (Å²) in [6.45, 7) is 0. The Morgan fingerprint density at radius 1 is 1.35 bits per heavy atom. The molecule has 1 aliphatic heterocycles. The van der Waals surface area contributed by atoms with E-state index in [1.54, 1.807) is 25.3 Å². The molecule has 1 spiro atoms. The first-order chi connectivity index (χ1) is 9.57. The number of esters is 1. The third-order valence-corrected chi connectivity index (χ3v) is 4.07. The van der Waals surface area contributed by atoms with Crippen molar-refractivity contribution < 1.29 is 23.8 Å². The molecule has 0 aromatic heterocycles. The van der Waals surface area contributed by atoms with Gasteiger partial charge in [-0.2, -0.15) is 0 Å². The Bertz CT molecular complexity index is 572. The smallest absolute Gasteiger partial charge is 0.308 e. The Labute approximate surface area is 116 Å². The summed E-state index contributed by atoms with van der Waals surface area (Å²) < 4.78 is 15.9. The van der Waals surface area contributed by atoms with Gasteiger partial charge in [0.2, 0.25) is 0 Å². The monoisotopic (exact) mass is 276 g/mol. The normalized spacial score (nSPS) is 27.3. The predicted octanol–water partition coefficient (Wildman–Crippen LogP) is 1.98. The van der Waals surface area contributed by atoms with Crippen LogP contribution in [-0.4, -0.2) is 31.6 Å². The fraction of sp³-hybridized carbons (Fsp3) is 0.467. The summed E-state index contributed by atoms with van der Waals surface area (Å²) in [5.41, 5.74) is 0.0351. The molecule has 0 saturated heterocycles. The van der Waals surface area contributed by atoms with E-state index in [1.807, 2.05) is 0 Å². The maximum atomic E-state index is 12.2. The molecule has 3 rings (SSSR count). The Morgan fingerprint density at radius 3 is 2.75 bits per heavy atom. The molecule has 1 fully saturated rings. The summed E-state index contributed by atoms with van der Waals surface area (Å²) in [6, 6.07) is 5.19. The molecule has 2 aliphatic rings. The average molecular weight is 276 g/mol. The van der Waals surface area contributed by atoms with E-state index < -0.39 is 5.60 Å².